The Morgan fingerprint density at radius 3 is 2.29 bits per heavy atom. The summed E-state index contributed by atoms with van der Waals surface area (Å²) < 4.78 is 5.97. The number of hydrogen-bond acceptors (Lipinski definition) is 2. The molecule has 112 valence electrons. The van der Waals surface area contributed by atoms with Crippen LogP contribution in [0.2, 0.25) is 0 Å². The summed E-state index contributed by atoms with van der Waals surface area (Å²) in [6.45, 7) is 4.97. The maximum absolute atomic E-state index is 5.97. The van der Waals surface area contributed by atoms with Gasteiger partial charge < -0.3 is 10.5 Å². The van der Waals surface area contributed by atoms with Gasteiger partial charge in [0.2, 0.25) is 0 Å². The standard InChI is InChI=1S/C19H25NO/c1-3-4-5-16-6-9-18(10-7-16)21-19-11-8-17(12-13-20)14-15(19)2/h6-11,14H,3-5,12-13,20H2,1-2H3. The molecule has 0 fully saturated rings. The maximum Gasteiger partial charge on any atom is 0.130 e. The lowest BCUT2D eigenvalue weighted by atomic mass is 10.1. The van der Waals surface area contributed by atoms with Gasteiger partial charge in [-0.15, -0.1) is 0 Å². The van der Waals surface area contributed by atoms with Crippen molar-refractivity contribution in [2.45, 2.75) is 39.5 Å². The fourth-order valence-corrected chi connectivity index (χ4v) is 2.38. The van der Waals surface area contributed by atoms with Crippen LogP contribution < -0.4 is 10.5 Å². The fraction of sp³-hybridized carbons (Fsp3) is 0.368. The Labute approximate surface area is 127 Å². The van der Waals surface area contributed by atoms with Crippen LogP contribution in [0.15, 0.2) is 42.5 Å². The summed E-state index contributed by atoms with van der Waals surface area (Å²) >= 11 is 0. The van der Waals surface area contributed by atoms with Crippen LogP contribution in [0, 0.1) is 6.92 Å². The first kappa shape index (κ1) is 15.6. The SMILES string of the molecule is CCCCc1ccc(Oc2ccc(CCN)cc2C)cc1. The Bertz CT molecular complexity index is 560. The van der Waals surface area contributed by atoms with Gasteiger partial charge in [0.05, 0.1) is 0 Å². The summed E-state index contributed by atoms with van der Waals surface area (Å²) in [6.07, 6.45) is 4.52. The Morgan fingerprint density at radius 1 is 0.952 bits per heavy atom. The minimum absolute atomic E-state index is 0.679. The van der Waals surface area contributed by atoms with Gasteiger partial charge in [-0.2, -0.15) is 0 Å². The molecule has 0 radical (unpaired) electrons. The van der Waals surface area contributed by atoms with Crippen molar-refractivity contribution in [1.82, 2.24) is 0 Å². The van der Waals surface area contributed by atoms with Gasteiger partial charge >= 0.3 is 0 Å². The molecule has 21 heavy (non-hydrogen) atoms. The Kier molecular flexibility index (Phi) is 5.82. The van der Waals surface area contributed by atoms with Gasteiger partial charge in [0, 0.05) is 0 Å². The van der Waals surface area contributed by atoms with Crippen LogP contribution in [0.25, 0.3) is 0 Å². The monoisotopic (exact) mass is 283 g/mol. The molecular formula is C19H25NO. The number of hydrogen-bond donors (Lipinski definition) is 1. The van der Waals surface area contributed by atoms with Crippen molar-refractivity contribution >= 4 is 0 Å². The molecule has 2 heteroatoms. The van der Waals surface area contributed by atoms with Gasteiger partial charge in [0.15, 0.2) is 0 Å². The van der Waals surface area contributed by atoms with Crippen LogP contribution in [-0.4, -0.2) is 6.54 Å². The third-order valence-corrected chi connectivity index (χ3v) is 3.64. The molecule has 2 aromatic rings. The zero-order valence-corrected chi connectivity index (χ0v) is 13.1. The molecule has 2 nitrogen and oxygen atoms in total. The van der Waals surface area contributed by atoms with Gasteiger partial charge in [-0.1, -0.05) is 37.6 Å². The summed E-state index contributed by atoms with van der Waals surface area (Å²) in [5.74, 6) is 1.81. The van der Waals surface area contributed by atoms with E-state index in [9.17, 15) is 0 Å². The summed E-state index contributed by atoms with van der Waals surface area (Å²) in [5, 5.41) is 0. The first-order valence-electron chi connectivity index (χ1n) is 7.79. The second-order valence-electron chi connectivity index (χ2n) is 5.49. The molecule has 0 saturated heterocycles. The van der Waals surface area contributed by atoms with E-state index in [0.29, 0.717) is 6.54 Å². The summed E-state index contributed by atoms with van der Waals surface area (Å²) in [4.78, 5) is 0. The molecule has 0 atom stereocenters. The Hall–Kier alpha value is -1.80. The molecular weight excluding hydrogens is 258 g/mol. The first-order chi connectivity index (χ1) is 10.2. The molecule has 0 saturated carbocycles. The predicted octanol–water partition coefficient (Wildman–Crippen LogP) is 4.63. The zero-order chi connectivity index (χ0) is 15.1. The fourth-order valence-electron chi connectivity index (χ4n) is 2.38. The minimum Gasteiger partial charge on any atom is -0.457 e. The van der Waals surface area contributed by atoms with Crippen LogP contribution >= 0.6 is 0 Å². The van der Waals surface area contributed by atoms with Crippen LogP contribution in [0.3, 0.4) is 0 Å². The largest absolute Gasteiger partial charge is 0.457 e. The highest BCUT2D eigenvalue weighted by atomic mass is 16.5. The summed E-state index contributed by atoms with van der Waals surface area (Å²) in [5.41, 5.74) is 9.37. The molecule has 0 bridgehead atoms. The van der Waals surface area contributed by atoms with Crippen molar-refractivity contribution in [2.75, 3.05) is 6.54 Å². The van der Waals surface area contributed by atoms with Crippen LogP contribution in [0.5, 0.6) is 11.5 Å². The highest BCUT2D eigenvalue weighted by Crippen LogP contribution is 2.26. The molecule has 2 rings (SSSR count). The van der Waals surface area contributed by atoms with Crippen molar-refractivity contribution in [3.8, 4) is 11.5 Å². The van der Waals surface area contributed by atoms with Crippen molar-refractivity contribution in [3.63, 3.8) is 0 Å². The number of unbranched alkanes of at least 4 members (excludes halogenated alkanes) is 1. The third kappa shape index (κ3) is 4.61. The minimum atomic E-state index is 0.679. The van der Waals surface area contributed by atoms with Gasteiger partial charge in [0.25, 0.3) is 0 Å². The smallest absolute Gasteiger partial charge is 0.130 e. The molecule has 0 aliphatic carbocycles. The topological polar surface area (TPSA) is 35.2 Å². The molecule has 2 N–H and O–H groups in total. The first-order valence-corrected chi connectivity index (χ1v) is 7.79. The predicted molar refractivity (Wildman–Crippen MR) is 89.1 cm³/mol. The molecule has 0 aliphatic rings. The second kappa shape index (κ2) is 7.84. The van der Waals surface area contributed by atoms with Crippen molar-refractivity contribution in [3.05, 3.63) is 59.2 Å². The van der Waals surface area contributed by atoms with E-state index >= 15 is 0 Å². The molecule has 0 amide bonds. The quantitative estimate of drug-likeness (QED) is 0.804. The number of rotatable bonds is 7. The van der Waals surface area contributed by atoms with Crippen LogP contribution in [0.4, 0.5) is 0 Å². The van der Waals surface area contributed by atoms with Crippen LogP contribution in [0.1, 0.15) is 36.5 Å². The van der Waals surface area contributed by atoms with E-state index in [2.05, 4.69) is 50.2 Å². The molecule has 0 aliphatic heterocycles. The lowest BCUT2D eigenvalue weighted by Gasteiger charge is -2.11. The van der Waals surface area contributed by atoms with E-state index in [1.807, 2.05) is 6.07 Å². The number of aryl methyl sites for hydroxylation is 2. The highest BCUT2D eigenvalue weighted by molar-refractivity contribution is 5.40. The lowest BCUT2D eigenvalue weighted by molar-refractivity contribution is 0.478. The molecule has 0 aromatic heterocycles. The van der Waals surface area contributed by atoms with E-state index < -0.39 is 0 Å². The summed E-state index contributed by atoms with van der Waals surface area (Å²) in [6, 6.07) is 14.7. The van der Waals surface area contributed by atoms with E-state index in [0.717, 1.165) is 29.9 Å². The average Bonchev–Trinajstić information content (AvgIpc) is 2.49. The summed E-state index contributed by atoms with van der Waals surface area (Å²) in [7, 11) is 0. The van der Waals surface area contributed by atoms with Gasteiger partial charge in [0.1, 0.15) is 11.5 Å². The molecule has 0 heterocycles. The Balaban J connectivity index is 2.04. The molecule has 0 spiro atoms. The normalized spacial score (nSPS) is 10.6. The van der Waals surface area contributed by atoms with Gasteiger partial charge in [-0.05, 0) is 67.6 Å². The van der Waals surface area contributed by atoms with Crippen LogP contribution in [-0.2, 0) is 12.8 Å². The zero-order valence-electron chi connectivity index (χ0n) is 13.1. The van der Waals surface area contributed by atoms with E-state index in [4.69, 9.17) is 10.5 Å². The van der Waals surface area contributed by atoms with E-state index in [1.165, 1.54) is 24.0 Å². The lowest BCUT2D eigenvalue weighted by Crippen LogP contribution is -2.02. The number of ether oxygens (including phenoxy) is 1. The number of benzene rings is 2. The number of nitrogens with two attached hydrogens (primary N) is 1. The highest BCUT2D eigenvalue weighted by Gasteiger charge is 2.03. The van der Waals surface area contributed by atoms with E-state index in [1.54, 1.807) is 0 Å². The average molecular weight is 283 g/mol. The maximum atomic E-state index is 5.97. The Morgan fingerprint density at radius 2 is 1.67 bits per heavy atom. The molecule has 2 aromatic carbocycles. The van der Waals surface area contributed by atoms with Gasteiger partial charge in [-0.3, -0.25) is 0 Å². The third-order valence-electron chi connectivity index (χ3n) is 3.64. The van der Waals surface area contributed by atoms with E-state index in [-0.39, 0.29) is 0 Å². The molecule has 0 unspecified atom stereocenters. The van der Waals surface area contributed by atoms with Crippen molar-refractivity contribution in [1.29, 1.82) is 0 Å². The van der Waals surface area contributed by atoms with Crippen molar-refractivity contribution < 1.29 is 4.74 Å². The second-order valence-corrected chi connectivity index (χ2v) is 5.49. The van der Waals surface area contributed by atoms with Gasteiger partial charge in [-0.25, -0.2) is 0 Å². The van der Waals surface area contributed by atoms with Crippen molar-refractivity contribution in [2.24, 2.45) is 5.73 Å².